The van der Waals surface area contributed by atoms with E-state index in [1.54, 1.807) is 24.3 Å². The van der Waals surface area contributed by atoms with Crippen molar-refractivity contribution in [2.45, 2.75) is 12.4 Å². The summed E-state index contributed by atoms with van der Waals surface area (Å²) in [5.41, 5.74) is -5.62. The van der Waals surface area contributed by atoms with Gasteiger partial charge in [0.25, 0.3) is 0 Å². The molecule has 2 aromatic rings. The molecule has 0 aliphatic heterocycles. The largest absolute Gasteiger partial charge is 0.508 e. The van der Waals surface area contributed by atoms with E-state index in [0.717, 1.165) is 0 Å². The van der Waals surface area contributed by atoms with Crippen LogP contribution in [0.1, 0.15) is 11.1 Å². The standard InChI is InChI=1S/C8H3F6NO3.C6H6O/c9-7(10,11)3-1-4(8(12,13)14)6(16)5(2-3)15(17)18;7-6-4-2-1-3-5-6/h1-2,16H;1-5,7H. The van der Waals surface area contributed by atoms with Crippen LogP contribution < -0.4 is 0 Å². The molecule has 25 heavy (non-hydrogen) atoms. The number of nitrogens with zero attached hydrogens (tertiary/aromatic N) is 1. The summed E-state index contributed by atoms with van der Waals surface area (Å²) in [5.74, 6) is -1.52. The zero-order valence-electron chi connectivity index (χ0n) is 12.0. The van der Waals surface area contributed by atoms with Crippen LogP contribution in [0.15, 0.2) is 42.5 Å². The number of benzene rings is 2. The van der Waals surface area contributed by atoms with Crippen LogP contribution in [0.4, 0.5) is 32.0 Å². The van der Waals surface area contributed by atoms with Crippen molar-refractivity contribution in [2.24, 2.45) is 0 Å². The Kier molecular flexibility index (Phi) is 5.84. The lowest BCUT2D eigenvalue weighted by molar-refractivity contribution is -0.386. The molecular weight excluding hydrogens is 360 g/mol. The molecule has 2 rings (SSSR count). The van der Waals surface area contributed by atoms with E-state index in [9.17, 15) is 36.5 Å². The normalized spacial score (nSPS) is 11.4. The van der Waals surface area contributed by atoms with Crippen LogP contribution in [0.5, 0.6) is 11.5 Å². The summed E-state index contributed by atoms with van der Waals surface area (Å²) in [7, 11) is 0. The summed E-state index contributed by atoms with van der Waals surface area (Å²) < 4.78 is 73.7. The minimum atomic E-state index is -5.34. The summed E-state index contributed by atoms with van der Waals surface area (Å²) in [6, 6.07) is 8.16. The number of phenols is 2. The number of hydrogen-bond donors (Lipinski definition) is 2. The number of rotatable bonds is 1. The van der Waals surface area contributed by atoms with Crippen LogP contribution in [0.3, 0.4) is 0 Å². The fourth-order valence-corrected chi connectivity index (χ4v) is 1.57. The highest BCUT2D eigenvalue weighted by atomic mass is 19.4. The Morgan fingerprint density at radius 2 is 1.40 bits per heavy atom. The predicted molar refractivity (Wildman–Crippen MR) is 72.9 cm³/mol. The highest BCUT2D eigenvalue weighted by Crippen LogP contribution is 2.44. The first kappa shape index (κ1) is 20.1. The van der Waals surface area contributed by atoms with Gasteiger partial charge in [-0.3, -0.25) is 10.1 Å². The quantitative estimate of drug-likeness (QED) is 0.432. The maximum atomic E-state index is 12.3. The minimum Gasteiger partial charge on any atom is -0.508 e. The second-order valence-corrected chi connectivity index (χ2v) is 4.48. The Morgan fingerprint density at radius 1 is 0.880 bits per heavy atom. The molecule has 0 unspecified atom stereocenters. The van der Waals surface area contributed by atoms with Crippen molar-refractivity contribution in [3.8, 4) is 11.5 Å². The molecule has 0 saturated carbocycles. The maximum Gasteiger partial charge on any atom is 0.420 e. The molecule has 0 saturated heterocycles. The number of hydrogen-bond acceptors (Lipinski definition) is 4. The second-order valence-electron chi connectivity index (χ2n) is 4.48. The Morgan fingerprint density at radius 3 is 1.72 bits per heavy atom. The average molecular weight is 369 g/mol. The first-order valence-corrected chi connectivity index (χ1v) is 6.24. The number of phenolic OH excluding ortho intramolecular Hbond substituents is 2. The smallest absolute Gasteiger partial charge is 0.420 e. The molecule has 0 aromatic heterocycles. The van der Waals surface area contributed by atoms with E-state index < -0.39 is 39.8 Å². The Bertz CT molecular complexity index is 743. The molecule has 0 radical (unpaired) electrons. The predicted octanol–water partition coefficient (Wildman–Crippen LogP) is 4.73. The minimum absolute atomic E-state index is 0.162. The van der Waals surface area contributed by atoms with Crippen LogP contribution in [0, 0.1) is 10.1 Å². The van der Waals surface area contributed by atoms with Gasteiger partial charge in [-0.25, -0.2) is 0 Å². The van der Waals surface area contributed by atoms with Crippen LogP contribution in [0.25, 0.3) is 0 Å². The van der Waals surface area contributed by atoms with Gasteiger partial charge in [-0.1, -0.05) is 18.2 Å². The summed E-state index contributed by atoms with van der Waals surface area (Å²) in [5, 5.41) is 27.9. The van der Waals surface area contributed by atoms with Gasteiger partial charge in [-0.15, -0.1) is 0 Å². The molecule has 0 bridgehead atoms. The molecule has 0 heterocycles. The Hall–Kier alpha value is -2.98. The lowest BCUT2D eigenvalue weighted by Gasteiger charge is -2.12. The third kappa shape index (κ3) is 5.55. The molecule has 11 heteroatoms. The number of para-hydroxylation sites is 1. The van der Waals surface area contributed by atoms with Crippen molar-refractivity contribution in [1.29, 1.82) is 0 Å². The average Bonchev–Trinajstić information content (AvgIpc) is 2.46. The van der Waals surface area contributed by atoms with E-state index in [2.05, 4.69) is 0 Å². The van der Waals surface area contributed by atoms with Crippen LogP contribution in [-0.2, 0) is 12.4 Å². The molecule has 0 amide bonds. The van der Waals surface area contributed by atoms with Crippen molar-refractivity contribution in [1.82, 2.24) is 0 Å². The van der Waals surface area contributed by atoms with Gasteiger partial charge in [0.15, 0.2) is 0 Å². The molecule has 0 atom stereocenters. The van der Waals surface area contributed by atoms with Crippen molar-refractivity contribution in [3.63, 3.8) is 0 Å². The monoisotopic (exact) mass is 369 g/mol. The number of nitro groups is 1. The SMILES string of the molecule is O=[N+]([O-])c1cc(C(F)(F)F)cc(C(F)(F)F)c1O.Oc1ccccc1. The summed E-state index contributed by atoms with van der Waals surface area (Å²) in [6.45, 7) is 0. The van der Waals surface area contributed by atoms with Gasteiger partial charge in [-0.05, 0) is 18.2 Å². The van der Waals surface area contributed by atoms with Crippen LogP contribution in [-0.4, -0.2) is 15.1 Å². The maximum absolute atomic E-state index is 12.3. The van der Waals surface area contributed by atoms with Gasteiger partial charge in [0.05, 0.1) is 10.5 Å². The fraction of sp³-hybridized carbons (Fsp3) is 0.143. The highest BCUT2D eigenvalue weighted by Gasteiger charge is 2.42. The summed E-state index contributed by atoms with van der Waals surface area (Å²) in [4.78, 5) is 8.76. The van der Waals surface area contributed by atoms with Crippen molar-refractivity contribution < 1.29 is 41.5 Å². The van der Waals surface area contributed by atoms with E-state index in [1.807, 2.05) is 6.07 Å². The molecule has 136 valence electrons. The highest BCUT2D eigenvalue weighted by molar-refractivity contribution is 5.55. The molecule has 0 aliphatic rings. The number of nitro benzene ring substituents is 1. The van der Waals surface area contributed by atoms with Gasteiger partial charge in [0, 0.05) is 6.07 Å². The van der Waals surface area contributed by atoms with Gasteiger partial charge in [0.1, 0.15) is 11.3 Å². The third-order valence-corrected chi connectivity index (χ3v) is 2.68. The zero-order valence-corrected chi connectivity index (χ0v) is 12.0. The topological polar surface area (TPSA) is 83.6 Å². The molecule has 0 aliphatic carbocycles. The Balaban J connectivity index is 0.000000370. The van der Waals surface area contributed by atoms with E-state index >= 15 is 0 Å². The van der Waals surface area contributed by atoms with Crippen molar-refractivity contribution in [2.75, 3.05) is 0 Å². The van der Waals surface area contributed by atoms with Gasteiger partial charge >= 0.3 is 18.0 Å². The van der Waals surface area contributed by atoms with E-state index in [1.165, 1.54) is 0 Å². The molecule has 2 N–H and O–H groups in total. The lowest BCUT2D eigenvalue weighted by atomic mass is 10.1. The first-order valence-electron chi connectivity index (χ1n) is 6.24. The fourth-order valence-electron chi connectivity index (χ4n) is 1.57. The lowest BCUT2D eigenvalue weighted by Crippen LogP contribution is -2.12. The van der Waals surface area contributed by atoms with E-state index in [-0.39, 0.29) is 12.1 Å². The molecule has 5 nitrogen and oxygen atoms in total. The van der Waals surface area contributed by atoms with Crippen LogP contribution in [0.2, 0.25) is 0 Å². The van der Waals surface area contributed by atoms with Crippen molar-refractivity contribution in [3.05, 3.63) is 63.7 Å². The van der Waals surface area contributed by atoms with Gasteiger partial charge in [-0.2, -0.15) is 26.3 Å². The summed E-state index contributed by atoms with van der Waals surface area (Å²) >= 11 is 0. The molecule has 0 fully saturated rings. The van der Waals surface area contributed by atoms with E-state index in [4.69, 9.17) is 10.2 Å². The zero-order chi connectivity index (χ0) is 19.4. The van der Waals surface area contributed by atoms with Gasteiger partial charge < -0.3 is 10.2 Å². The van der Waals surface area contributed by atoms with Crippen LogP contribution >= 0.6 is 0 Å². The number of alkyl halides is 6. The molecule has 2 aromatic carbocycles. The first-order chi connectivity index (χ1) is 11.3. The summed E-state index contributed by atoms with van der Waals surface area (Å²) in [6.07, 6.45) is -10.5. The molecular formula is C14H9F6NO4. The van der Waals surface area contributed by atoms with Gasteiger partial charge in [0.2, 0.25) is 5.75 Å². The van der Waals surface area contributed by atoms with Crippen molar-refractivity contribution >= 4 is 5.69 Å². The number of aromatic hydroxyl groups is 2. The second kappa shape index (κ2) is 7.28. The van der Waals surface area contributed by atoms with E-state index in [0.29, 0.717) is 5.75 Å². The Labute approximate surface area is 135 Å². The number of halogens is 6. The third-order valence-electron chi connectivity index (χ3n) is 2.68. The molecule has 0 spiro atoms.